The highest BCUT2D eigenvalue weighted by atomic mass is 16.5. The Bertz CT molecular complexity index is 1440. The molecule has 0 spiro atoms. The molecular formula is C24H21N7O. The number of aromatic nitrogens is 6. The number of anilines is 1. The van der Waals surface area contributed by atoms with Crippen LogP contribution in [0.5, 0.6) is 0 Å². The first-order chi connectivity index (χ1) is 15.7. The van der Waals surface area contributed by atoms with Crippen LogP contribution in [0, 0.1) is 0 Å². The number of nitrogens with two attached hydrogens (primary N) is 1. The van der Waals surface area contributed by atoms with Gasteiger partial charge < -0.3 is 10.5 Å². The molecule has 32 heavy (non-hydrogen) atoms. The molecule has 4 heterocycles. The molecular weight excluding hydrogens is 402 g/mol. The molecule has 4 aromatic heterocycles. The fourth-order valence-corrected chi connectivity index (χ4v) is 4.38. The number of hydrogen-bond donors (Lipinski definition) is 1. The van der Waals surface area contributed by atoms with E-state index in [0.717, 1.165) is 41.1 Å². The lowest BCUT2D eigenvalue weighted by molar-refractivity contribution is 0.112. The lowest BCUT2D eigenvalue weighted by atomic mass is 10.1. The minimum atomic E-state index is 0.220. The third-order valence-corrected chi connectivity index (χ3v) is 5.98. The highest BCUT2D eigenvalue weighted by Gasteiger charge is 2.24. The van der Waals surface area contributed by atoms with E-state index in [1.54, 1.807) is 24.2 Å². The van der Waals surface area contributed by atoms with Crippen LogP contribution in [0.15, 0.2) is 67.1 Å². The predicted molar refractivity (Wildman–Crippen MR) is 122 cm³/mol. The Hall–Kier alpha value is -4.04. The maximum absolute atomic E-state index is 6.24. The zero-order valence-electron chi connectivity index (χ0n) is 17.5. The summed E-state index contributed by atoms with van der Waals surface area (Å²) < 4.78 is 9.38. The number of hydrogen-bond acceptors (Lipinski definition) is 6. The lowest BCUT2D eigenvalue weighted by Crippen LogP contribution is -2.08. The Morgan fingerprint density at radius 1 is 1.00 bits per heavy atom. The number of imidazole rings is 1. The maximum atomic E-state index is 6.24. The van der Waals surface area contributed by atoms with Crippen molar-refractivity contribution in [1.82, 2.24) is 29.3 Å². The molecule has 0 radical (unpaired) electrons. The van der Waals surface area contributed by atoms with Crippen molar-refractivity contribution in [3.8, 4) is 22.9 Å². The van der Waals surface area contributed by atoms with Crippen LogP contribution in [0.2, 0.25) is 0 Å². The molecule has 0 bridgehead atoms. The fourth-order valence-electron chi connectivity index (χ4n) is 4.38. The molecule has 0 saturated carbocycles. The van der Waals surface area contributed by atoms with Gasteiger partial charge in [-0.05, 0) is 66.4 Å². The lowest BCUT2D eigenvalue weighted by Gasteiger charge is -2.12. The van der Waals surface area contributed by atoms with Gasteiger partial charge in [-0.2, -0.15) is 5.10 Å². The van der Waals surface area contributed by atoms with E-state index in [9.17, 15) is 0 Å². The van der Waals surface area contributed by atoms with Crippen LogP contribution in [0.25, 0.3) is 34.1 Å². The maximum Gasteiger partial charge on any atom is 0.167 e. The third-order valence-electron chi connectivity index (χ3n) is 5.98. The van der Waals surface area contributed by atoms with Gasteiger partial charge >= 0.3 is 0 Å². The number of nitrogen functional groups attached to an aromatic ring is 1. The van der Waals surface area contributed by atoms with Crippen molar-refractivity contribution in [2.75, 3.05) is 12.8 Å². The number of ether oxygens (including phenoxy) is 1. The molecule has 158 valence electrons. The highest BCUT2D eigenvalue weighted by molar-refractivity contribution is 5.83. The van der Waals surface area contributed by atoms with Gasteiger partial charge in [-0.3, -0.25) is 4.57 Å². The van der Waals surface area contributed by atoms with Crippen LogP contribution in [-0.4, -0.2) is 42.5 Å². The summed E-state index contributed by atoms with van der Waals surface area (Å²) in [4.78, 5) is 14.1. The van der Waals surface area contributed by atoms with E-state index in [-0.39, 0.29) is 6.10 Å². The average molecular weight is 423 g/mol. The molecule has 5 aromatic rings. The van der Waals surface area contributed by atoms with Crippen LogP contribution >= 0.6 is 0 Å². The van der Waals surface area contributed by atoms with Gasteiger partial charge in [-0.1, -0.05) is 6.07 Å². The van der Waals surface area contributed by atoms with E-state index in [2.05, 4.69) is 32.8 Å². The monoisotopic (exact) mass is 423 g/mol. The number of fused-ring (bicyclic) bond motifs is 2. The largest absolute Gasteiger partial charge is 0.383 e. The topological polar surface area (TPSA) is 96.7 Å². The highest BCUT2D eigenvalue weighted by Crippen LogP contribution is 2.33. The van der Waals surface area contributed by atoms with Crippen molar-refractivity contribution in [3.05, 3.63) is 78.2 Å². The molecule has 1 aromatic carbocycles. The van der Waals surface area contributed by atoms with Crippen molar-refractivity contribution in [3.63, 3.8) is 0 Å². The zero-order chi connectivity index (χ0) is 21.7. The van der Waals surface area contributed by atoms with Crippen LogP contribution in [-0.2, 0) is 17.6 Å². The summed E-state index contributed by atoms with van der Waals surface area (Å²) in [5.74, 6) is 1.85. The van der Waals surface area contributed by atoms with Gasteiger partial charge in [0.1, 0.15) is 11.3 Å². The minimum Gasteiger partial charge on any atom is -0.383 e. The molecule has 2 N–H and O–H groups in total. The summed E-state index contributed by atoms with van der Waals surface area (Å²) in [6.45, 7) is 0. The van der Waals surface area contributed by atoms with Gasteiger partial charge in [0.15, 0.2) is 17.3 Å². The fraction of sp³-hybridized carbons (Fsp3) is 0.167. The summed E-state index contributed by atoms with van der Waals surface area (Å²) in [5.41, 5.74) is 12.1. The Balaban J connectivity index is 1.60. The summed E-state index contributed by atoms with van der Waals surface area (Å²) in [6.07, 6.45) is 7.33. The number of rotatable bonds is 4. The normalized spacial score (nSPS) is 15.3. The second-order valence-corrected chi connectivity index (χ2v) is 7.89. The van der Waals surface area contributed by atoms with E-state index in [1.807, 2.05) is 36.5 Å². The number of nitrogens with zero attached hydrogens (tertiary/aromatic N) is 6. The first kappa shape index (κ1) is 18.7. The molecule has 0 fully saturated rings. The van der Waals surface area contributed by atoms with E-state index in [4.69, 9.17) is 20.4 Å². The van der Waals surface area contributed by atoms with Gasteiger partial charge in [0, 0.05) is 31.4 Å². The minimum absolute atomic E-state index is 0.220. The van der Waals surface area contributed by atoms with Gasteiger partial charge in [-0.15, -0.1) is 0 Å². The van der Waals surface area contributed by atoms with E-state index in [1.165, 1.54) is 11.1 Å². The molecule has 6 rings (SSSR count). The van der Waals surface area contributed by atoms with Crippen molar-refractivity contribution in [2.45, 2.75) is 18.9 Å². The summed E-state index contributed by atoms with van der Waals surface area (Å²) >= 11 is 0. The van der Waals surface area contributed by atoms with E-state index in [0.29, 0.717) is 11.6 Å². The molecule has 0 amide bonds. The molecule has 1 aliphatic rings. The second-order valence-electron chi connectivity index (χ2n) is 7.89. The van der Waals surface area contributed by atoms with Gasteiger partial charge in [0.25, 0.3) is 0 Å². The van der Waals surface area contributed by atoms with Crippen molar-refractivity contribution in [2.24, 2.45) is 0 Å². The Kier molecular flexibility index (Phi) is 4.26. The first-order valence-corrected chi connectivity index (χ1v) is 10.5. The average Bonchev–Trinajstić information content (AvgIpc) is 3.56. The van der Waals surface area contributed by atoms with Crippen LogP contribution in [0.3, 0.4) is 0 Å². The van der Waals surface area contributed by atoms with Crippen LogP contribution in [0.1, 0.15) is 11.1 Å². The molecule has 1 aliphatic carbocycles. The molecule has 1 atom stereocenters. The Morgan fingerprint density at radius 3 is 2.72 bits per heavy atom. The van der Waals surface area contributed by atoms with Crippen molar-refractivity contribution < 1.29 is 4.74 Å². The van der Waals surface area contributed by atoms with E-state index >= 15 is 0 Å². The predicted octanol–water partition coefficient (Wildman–Crippen LogP) is 3.36. The SMILES string of the molecule is COC1Cc2ccc(-n3c(-c4cccnc4N)nc4ccc(-n5cccn5)nc43)cc2C1. The van der Waals surface area contributed by atoms with Crippen molar-refractivity contribution in [1.29, 1.82) is 0 Å². The quantitative estimate of drug-likeness (QED) is 0.476. The molecule has 0 saturated heterocycles. The van der Waals surface area contributed by atoms with Gasteiger partial charge in [0.2, 0.25) is 0 Å². The second kappa shape index (κ2) is 7.28. The van der Waals surface area contributed by atoms with Crippen LogP contribution < -0.4 is 5.73 Å². The molecule has 0 aliphatic heterocycles. The first-order valence-electron chi connectivity index (χ1n) is 10.5. The number of pyridine rings is 2. The molecule has 8 nitrogen and oxygen atoms in total. The van der Waals surface area contributed by atoms with Crippen molar-refractivity contribution >= 4 is 17.0 Å². The molecule has 8 heteroatoms. The van der Waals surface area contributed by atoms with E-state index < -0.39 is 0 Å². The number of benzene rings is 1. The molecule has 1 unspecified atom stereocenters. The zero-order valence-corrected chi connectivity index (χ0v) is 17.5. The Morgan fingerprint density at radius 2 is 1.91 bits per heavy atom. The van der Waals surface area contributed by atoms with Gasteiger partial charge in [-0.25, -0.2) is 19.6 Å². The standard InChI is InChI=1S/C24H21N7O/c1-32-18-13-15-5-6-17(12-16(15)14-18)31-23(19-4-2-9-26-22(19)25)28-20-7-8-21(29-24(20)31)30-11-3-10-27-30/h2-12,18H,13-14H2,1H3,(H2,25,26). The smallest absolute Gasteiger partial charge is 0.167 e. The summed E-state index contributed by atoms with van der Waals surface area (Å²) in [7, 11) is 1.77. The summed E-state index contributed by atoms with van der Waals surface area (Å²) in [5, 5.41) is 4.32. The Labute approximate surface area is 184 Å². The third kappa shape index (κ3) is 2.96. The van der Waals surface area contributed by atoms with Gasteiger partial charge in [0.05, 0.1) is 11.7 Å². The van der Waals surface area contributed by atoms with Crippen LogP contribution in [0.4, 0.5) is 5.82 Å². The summed E-state index contributed by atoms with van der Waals surface area (Å²) in [6, 6.07) is 16.0. The number of methoxy groups -OCH3 is 1.